The van der Waals surface area contributed by atoms with Gasteiger partial charge < -0.3 is 14.8 Å². The van der Waals surface area contributed by atoms with E-state index in [0.717, 1.165) is 27.8 Å². The summed E-state index contributed by atoms with van der Waals surface area (Å²) < 4.78 is 34.4. The number of aryl methyl sites for hydroxylation is 1. The monoisotopic (exact) mass is 476 g/mol. The van der Waals surface area contributed by atoms with E-state index in [1.54, 1.807) is 0 Å². The lowest BCUT2D eigenvalue weighted by Crippen LogP contribution is -2.37. The molecule has 3 amide bonds. The Balaban J connectivity index is 1.59. The fourth-order valence-electron chi connectivity index (χ4n) is 3.16. The van der Waals surface area contributed by atoms with Crippen LogP contribution in [0.2, 0.25) is 0 Å². The highest BCUT2D eigenvalue weighted by Gasteiger charge is 2.34. The van der Waals surface area contributed by atoms with E-state index in [4.69, 9.17) is 4.74 Å². The number of benzene rings is 2. The summed E-state index contributed by atoms with van der Waals surface area (Å²) in [6, 6.07) is 11.7. The first-order chi connectivity index (χ1) is 15.8. The number of alkyl halides is 2. The minimum atomic E-state index is -3.00. The number of carbonyl (C=O) groups is 3. The summed E-state index contributed by atoms with van der Waals surface area (Å²) in [4.78, 5) is 38.3. The van der Waals surface area contributed by atoms with Crippen LogP contribution < -0.4 is 14.8 Å². The summed E-state index contributed by atoms with van der Waals surface area (Å²) in [5.41, 5.74) is 2.39. The third kappa shape index (κ3) is 6.32. The van der Waals surface area contributed by atoms with Crippen LogP contribution in [-0.2, 0) is 16.0 Å². The van der Waals surface area contributed by atoms with Crippen LogP contribution in [0.3, 0.4) is 0 Å². The lowest BCUT2D eigenvalue weighted by molar-refractivity contribution is -0.124. The molecule has 2 aromatic rings. The molecule has 0 unspecified atom stereocenters. The highest BCUT2D eigenvalue weighted by Crippen LogP contribution is 2.34. The molecule has 1 N–H and O–H groups in total. The van der Waals surface area contributed by atoms with Crippen molar-refractivity contribution in [3.63, 3.8) is 0 Å². The second-order valence-electron chi connectivity index (χ2n) is 7.08. The third-order valence-corrected chi connectivity index (χ3v) is 5.75. The average Bonchev–Trinajstić information content (AvgIpc) is 3.03. The molecule has 0 bridgehead atoms. The van der Waals surface area contributed by atoms with E-state index in [1.165, 1.54) is 31.4 Å². The van der Waals surface area contributed by atoms with Gasteiger partial charge in [0.1, 0.15) is 0 Å². The molecular weight excluding hydrogens is 454 g/mol. The molecule has 1 aliphatic heterocycles. The molecule has 10 heteroatoms. The molecule has 3 rings (SSSR count). The number of methoxy groups -OCH3 is 1. The third-order valence-electron chi connectivity index (χ3n) is 4.84. The van der Waals surface area contributed by atoms with Gasteiger partial charge in [-0.15, -0.1) is 0 Å². The Kier molecular flexibility index (Phi) is 8.05. The fraction of sp³-hybridized carbons (Fsp3) is 0.261. The van der Waals surface area contributed by atoms with Gasteiger partial charge in [0, 0.05) is 13.1 Å². The molecule has 0 saturated carbocycles. The van der Waals surface area contributed by atoms with E-state index >= 15 is 0 Å². The number of hydrogen-bond donors (Lipinski definition) is 1. The summed E-state index contributed by atoms with van der Waals surface area (Å²) in [5, 5.41) is 2.27. The molecule has 1 heterocycles. The minimum Gasteiger partial charge on any atom is -0.493 e. The molecule has 174 valence electrons. The Hall–Kier alpha value is -3.40. The summed E-state index contributed by atoms with van der Waals surface area (Å²) in [7, 11) is 1.30. The van der Waals surface area contributed by atoms with Crippen molar-refractivity contribution in [1.29, 1.82) is 0 Å². The van der Waals surface area contributed by atoms with Crippen molar-refractivity contribution in [2.75, 3.05) is 20.2 Å². The molecule has 0 atom stereocenters. The topological polar surface area (TPSA) is 84.9 Å². The first kappa shape index (κ1) is 24.2. The second-order valence-corrected chi connectivity index (χ2v) is 8.07. The van der Waals surface area contributed by atoms with Gasteiger partial charge in [-0.3, -0.25) is 19.3 Å². The minimum absolute atomic E-state index is 0.0337. The molecule has 0 aliphatic carbocycles. The van der Waals surface area contributed by atoms with E-state index in [-0.39, 0.29) is 41.8 Å². The standard InChI is InChI=1S/C23H22F2N2O5S/c1-14-5-3-4-6-16(14)13-20(28)26-9-10-27-21(29)19(33-23(27)30)12-15-7-8-17(32-22(24)25)18(11-15)31-2/h3-8,11-12,22H,9-10,13H2,1-2H3,(H,26,28)/b19-12-. The van der Waals surface area contributed by atoms with Gasteiger partial charge in [0.2, 0.25) is 5.91 Å². The first-order valence-corrected chi connectivity index (χ1v) is 10.8. The molecule has 0 radical (unpaired) electrons. The van der Waals surface area contributed by atoms with Gasteiger partial charge in [-0.1, -0.05) is 30.3 Å². The Morgan fingerprint density at radius 3 is 2.64 bits per heavy atom. The van der Waals surface area contributed by atoms with Crippen molar-refractivity contribution in [3.8, 4) is 11.5 Å². The molecule has 0 aromatic heterocycles. The van der Waals surface area contributed by atoms with Gasteiger partial charge in [0.05, 0.1) is 18.4 Å². The fourth-order valence-corrected chi connectivity index (χ4v) is 4.03. The number of thioether (sulfide) groups is 1. The van der Waals surface area contributed by atoms with Gasteiger partial charge in [-0.25, -0.2) is 0 Å². The zero-order valence-electron chi connectivity index (χ0n) is 18.0. The first-order valence-electron chi connectivity index (χ1n) is 9.98. The number of nitrogens with zero attached hydrogens (tertiary/aromatic N) is 1. The van der Waals surface area contributed by atoms with E-state index in [2.05, 4.69) is 10.1 Å². The van der Waals surface area contributed by atoms with Crippen LogP contribution in [0.4, 0.5) is 13.6 Å². The van der Waals surface area contributed by atoms with E-state index in [0.29, 0.717) is 5.56 Å². The van der Waals surface area contributed by atoms with Gasteiger partial charge >= 0.3 is 6.61 Å². The largest absolute Gasteiger partial charge is 0.493 e. The Bertz CT molecular complexity index is 1090. The van der Waals surface area contributed by atoms with E-state index in [9.17, 15) is 23.2 Å². The van der Waals surface area contributed by atoms with Crippen molar-refractivity contribution in [2.24, 2.45) is 0 Å². The maximum Gasteiger partial charge on any atom is 0.387 e. The normalized spacial score (nSPS) is 14.8. The Labute approximate surface area is 193 Å². The van der Waals surface area contributed by atoms with Crippen molar-refractivity contribution in [2.45, 2.75) is 20.0 Å². The number of imide groups is 1. The van der Waals surface area contributed by atoms with Gasteiger partial charge in [0.25, 0.3) is 11.1 Å². The predicted octanol–water partition coefficient (Wildman–Crippen LogP) is 4.00. The molecule has 7 nitrogen and oxygen atoms in total. The molecular formula is C23H22F2N2O5S. The van der Waals surface area contributed by atoms with Crippen LogP contribution in [0, 0.1) is 6.92 Å². The van der Waals surface area contributed by atoms with E-state index in [1.807, 2.05) is 31.2 Å². The van der Waals surface area contributed by atoms with Crippen LogP contribution in [-0.4, -0.2) is 48.8 Å². The van der Waals surface area contributed by atoms with Gasteiger partial charge in [-0.05, 0) is 53.6 Å². The predicted molar refractivity (Wildman–Crippen MR) is 120 cm³/mol. The van der Waals surface area contributed by atoms with Crippen LogP contribution in [0.25, 0.3) is 6.08 Å². The summed E-state index contributed by atoms with van der Waals surface area (Å²) in [5.74, 6) is -0.770. The lowest BCUT2D eigenvalue weighted by atomic mass is 10.1. The maximum absolute atomic E-state index is 12.6. The lowest BCUT2D eigenvalue weighted by Gasteiger charge is -2.13. The number of hydrogen-bond acceptors (Lipinski definition) is 6. The highest BCUT2D eigenvalue weighted by molar-refractivity contribution is 8.18. The van der Waals surface area contributed by atoms with Crippen LogP contribution in [0.5, 0.6) is 11.5 Å². The van der Waals surface area contributed by atoms with Crippen molar-refractivity contribution >= 4 is 34.9 Å². The Morgan fingerprint density at radius 2 is 1.94 bits per heavy atom. The molecule has 33 heavy (non-hydrogen) atoms. The molecule has 2 aromatic carbocycles. The zero-order valence-corrected chi connectivity index (χ0v) is 18.8. The summed E-state index contributed by atoms with van der Waals surface area (Å²) in [6.07, 6.45) is 1.68. The van der Waals surface area contributed by atoms with Gasteiger partial charge in [0.15, 0.2) is 11.5 Å². The SMILES string of the molecule is COc1cc(/C=C2\SC(=O)N(CCNC(=O)Cc3ccccc3C)C2=O)ccc1OC(F)F. The number of ether oxygens (including phenoxy) is 2. The summed E-state index contributed by atoms with van der Waals surface area (Å²) >= 11 is 0.762. The molecule has 1 saturated heterocycles. The highest BCUT2D eigenvalue weighted by atomic mass is 32.2. The van der Waals surface area contributed by atoms with Crippen molar-refractivity contribution < 1.29 is 32.6 Å². The smallest absolute Gasteiger partial charge is 0.387 e. The summed E-state index contributed by atoms with van der Waals surface area (Å²) in [6.45, 7) is -0.918. The molecule has 1 fully saturated rings. The van der Waals surface area contributed by atoms with E-state index < -0.39 is 17.8 Å². The molecule has 1 aliphatic rings. The maximum atomic E-state index is 12.6. The second kappa shape index (κ2) is 11.0. The number of amides is 3. The number of halogens is 2. The quantitative estimate of drug-likeness (QED) is 0.551. The van der Waals surface area contributed by atoms with Crippen LogP contribution in [0.15, 0.2) is 47.4 Å². The van der Waals surface area contributed by atoms with Crippen molar-refractivity contribution in [1.82, 2.24) is 10.2 Å². The molecule has 0 spiro atoms. The van der Waals surface area contributed by atoms with Crippen molar-refractivity contribution in [3.05, 3.63) is 64.1 Å². The van der Waals surface area contributed by atoms with Crippen LogP contribution >= 0.6 is 11.8 Å². The van der Waals surface area contributed by atoms with Gasteiger partial charge in [-0.2, -0.15) is 8.78 Å². The zero-order chi connectivity index (χ0) is 24.0. The average molecular weight is 477 g/mol. The van der Waals surface area contributed by atoms with Crippen LogP contribution in [0.1, 0.15) is 16.7 Å². The number of carbonyl (C=O) groups excluding carboxylic acids is 3. The number of nitrogens with one attached hydrogen (secondary N) is 1. The number of rotatable bonds is 9. The Morgan fingerprint density at radius 1 is 1.18 bits per heavy atom.